The maximum atomic E-state index is 12.2. The Balaban J connectivity index is 2.60. The fourth-order valence-corrected chi connectivity index (χ4v) is 2.40. The van der Waals surface area contributed by atoms with Crippen LogP contribution in [0.25, 0.3) is 0 Å². The third kappa shape index (κ3) is 3.49. The van der Waals surface area contributed by atoms with Crippen molar-refractivity contribution in [1.29, 1.82) is 0 Å². The van der Waals surface area contributed by atoms with Gasteiger partial charge in [0.15, 0.2) is 0 Å². The molecule has 0 radical (unpaired) electrons. The van der Waals surface area contributed by atoms with Crippen molar-refractivity contribution in [2.75, 3.05) is 19.6 Å². The Labute approximate surface area is 103 Å². The van der Waals surface area contributed by atoms with Crippen molar-refractivity contribution in [2.45, 2.75) is 32.6 Å². The van der Waals surface area contributed by atoms with Crippen molar-refractivity contribution in [3.63, 3.8) is 0 Å². The number of amides is 1. The first kappa shape index (κ1) is 13.5. The molecule has 0 bridgehead atoms. The number of carbonyl (C=O) groups is 1. The molecule has 1 aliphatic heterocycles. The quantitative estimate of drug-likeness (QED) is 0.777. The van der Waals surface area contributed by atoms with Gasteiger partial charge in [-0.25, -0.2) is 0 Å². The molecule has 16 heavy (non-hydrogen) atoms. The predicted molar refractivity (Wildman–Crippen MR) is 67.4 cm³/mol. The molecule has 0 spiro atoms. The van der Waals surface area contributed by atoms with Crippen molar-refractivity contribution in [1.82, 2.24) is 10.6 Å². The first-order chi connectivity index (χ1) is 7.60. The van der Waals surface area contributed by atoms with E-state index in [0.29, 0.717) is 11.6 Å². The normalized spacial score (nSPS) is 25.1. The highest BCUT2D eigenvalue weighted by atomic mass is 35.5. The second-order valence-electron chi connectivity index (χ2n) is 4.51. The highest BCUT2D eigenvalue weighted by Crippen LogP contribution is 2.31. The third-order valence-electron chi connectivity index (χ3n) is 3.12. The fraction of sp³-hybridized carbons (Fsp3) is 0.750. The first-order valence-electron chi connectivity index (χ1n) is 5.93. The van der Waals surface area contributed by atoms with Gasteiger partial charge in [0.05, 0.1) is 12.0 Å². The Morgan fingerprint density at radius 2 is 2.38 bits per heavy atom. The zero-order valence-corrected chi connectivity index (χ0v) is 10.7. The fourth-order valence-electron chi connectivity index (χ4n) is 2.33. The van der Waals surface area contributed by atoms with Crippen molar-refractivity contribution in [3.05, 3.63) is 11.6 Å². The van der Waals surface area contributed by atoms with Gasteiger partial charge in [0.25, 0.3) is 0 Å². The molecule has 4 heteroatoms. The molecule has 0 saturated carbocycles. The molecule has 92 valence electrons. The van der Waals surface area contributed by atoms with Crippen LogP contribution in [0, 0.1) is 5.41 Å². The number of rotatable bonds is 5. The Bertz CT molecular complexity index is 254. The Morgan fingerprint density at radius 3 is 2.88 bits per heavy atom. The molecule has 1 rings (SSSR count). The summed E-state index contributed by atoms with van der Waals surface area (Å²) in [6.07, 6.45) is 3.99. The summed E-state index contributed by atoms with van der Waals surface area (Å²) in [4.78, 5) is 12.2. The smallest absolute Gasteiger partial charge is 0.227 e. The van der Waals surface area contributed by atoms with Crippen LogP contribution in [-0.4, -0.2) is 25.5 Å². The minimum absolute atomic E-state index is 0.114. The molecule has 0 aromatic rings. The average molecular weight is 245 g/mol. The van der Waals surface area contributed by atoms with Crippen LogP contribution < -0.4 is 10.6 Å². The third-order valence-corrected chi connectivity index (χ3v) is 3.26. The summed E-state index contributed by atoms with van der Waals surface area (Å²) >= 11 is 5.66. The molecular weight excluding hydrogens is 224 g/mol. The molecule has 1 aliphatic rings. The van der Waals surface area contributed by atoms with Crippen LogP contribution in [0.2, 0.25) is 0 Å². The van der Waals surface area contributed by atoms with Crippen molar-refractivity contribution >= 4 is 17.5 Å². The van der Waals surface area contributed by atoms with E-state index < -0.39 is 0 Å². The highest BCUT2D eigenvalue weighted by Gasteiger charge is 2.38. The minimum Gasteiger partial charge on any atom is -0.351 e. The van der Waals surface area contributed by atoms with Crippen LogP contribution in [0.1, 0.15) is 32.6 Å². The van der Waals surface area contributed by atoms with Gasteiger partial charge >= 0.3 is 0 Å². The Hall–Kier alpha value is -0.540. The molecule has 0 aromatic carbocycles. The summed E-state index contributed by atoms with van der Waals surface area (Å²) in [5.41, 5.74) is -0.237. The van der Waals surface area contributed by atoms with E-state index in [1.165, 1.54) is 0 Å². The van der Waals surface area contributed by atoms with Crippen molar-refractivity contribution in [2.24, 2.45) is 5.41 Å². The molecule has 1 fully saturated rings. The second-order valence-corrected chi connectivity index (χ2v) is 5.05. The van der Waals surface area contributed by atoms with Crippen LogP contribution in [0.4, 0.5) is 0 Å². The molecule has 1 unspecified atom stereocenters. The van der Waals surface area contributed by atoms with Gasteiger partial charge in [-0.2, -0.15) is 0 Å². The Morgan fingerprint density at radius 1 is 1.62 bits per heavy atom. The highest BCUT2D eigenvalue weighted by molar-refractivity contribution is 6.29. The van der Waals surface area contributed by atoms with Crippen LogP contribution in [-0.2, 0) is 4.79 Å². The van der Waals surface area contributed by atoms with Gasteiger partial charge in [-0.05, 0) is 25.8 Å². The van der Waals surface area contributed by atoms with Gasteiger partial charge in [-0.1, -0.05) is 31.5 Å². The van der Waals surface area contributed by atoms with Crippen LogP contribution in [0.15, 0.2) is 11.6 Å². The lowest BCUT2D eigenvalue weighted by Crippen LogP contribution is -2.50. The number of piperidine rings is 1. The monoisotopic (exact) mass is 244 g/mol. The number of hydrogen-bond donors (Lipinski definition) is 2. The number of nitrogens with one attached hydrogen (secondary N) is 2. The van der Waals surface area contributed by atoms with Gasteiger partial charge in [0.2, 0.25) is 5.91 Å². The van der Waals surface area contributed by atoms with Crippen LogP contribution in [0.5, 0.6) is 0 Å². The lowest BCUT2D eigenvalue weighted by Gasteiger charge is -2.36. The molecule has 1 atom stereocenters. The maximum absolute atomic E-state index is 12.2. The maximum Gasteiger partial charge on any atom is 0.227 e. The largest absolute Gasteiger partial charge is 0.351 e. The molecule has 1 amide bonds. The number of carbonyl (C=O) groups excluding carboxylic acids is 1. The Kier molecular flexibility index (Phi) is 5.29. The average Bonchev–Trinajstić information content (AvgIpc) is 2.27. The lowest BCUT2D eigenvalue weighted by atomic mass is 9.76. The topological polar surface area (TPSA) is 41.1 Å². The number of hydrogen-bond acceptors (Lipinski definition) is 2. The van der Waals surface area contributed by atoms with Crippen molar-refractivity contribution < 1.29 is 4.79 Å². The van der Waals surface area contributed by atoms with Gasteiger partial charge in [0.1, 0.15) is 0 Å². The van der Waals surface area contributed by atoms with E-state index in [1.807, 2.05) is 0 Å². The standard InChI is InChI=1S/C12H21ClN2O/c1-3-5-12(6-4-7-14-9-12)11(16)15-8-10(2)13/h14H,2-9H2,1H3,(H,15,16). The zero-order valence-electron chi connectivity index (χ0n) is 9.94. The summed E-state index contributed by atoms with van der Waals surface area (Å²) in [7, 11) is 0. The molecular formula is C12H21ClN2O. The molecule has 0 aliphatic carbocycles. The van der Waals surface area contributed by atoms with E-state index in [2.05, 4.69) is 24.1 Å². The van der Waals surface area contributed by atoms with Crippen LogP contribution in [0.3, 0.4) is 0 Å². The van der Waals surface area contributed by atoms with E-state index in [4.69, 9.17) is 11.6 Å². The van der Waals surface area contributed by atoms with Gasteiger partial charge in [0, 0.05) is 11.6 Å². The lowest BCUT2D eigenvalue weighted by molar-refractivity contribution is -0.132. The van der Waals surface area contributed by atoms with Crippen molar-refractivity contribution in [3.8, 4) is 0 Å². The summed E-state index contributed by atoms with van der Waals surface area (Å²) in [5, 5.41) is 6.66. The van der Waals surface area contributed by atoms with E-state index in [0.717, 1.165) is 38.8 Å². The van der Waals surface area contributed by atoms with E-state index in [-0.39, 0.29) is 11.3 Å². The van der Waals surface area contributed by atoms with Gasteiger partial charge < -0.3 is 10.6 Å². The first-order valence-corrected chi connectivity index (χ1v) is 6.31. The van der Waals surface area contributed by atoms with Crippen LogP contribution >= 0.6 is 11.6 Å². The molecule has 1 saturated heterocycles. The van der Waals surface area contributed by atoms with E-state index in [9.17, 15) is 4.79 Å². The predicted octanol–water partition coefficient (Wildman–Crippen LogP) is 2.02. The molecule has 3 nitrogen and oxygen atoms in total. The summed E-state index contributed by atoms with van der Waals surface area (Å²) < 4.78 is 0. The zero-order chi connectivity index (χ0) is 12.0. The number of halogens is 1. The summed E-state index contributed by atoms with van der Waals surface area (Å²) in [5.74, 6) is 0.114. The SMILES string of the molecule is C=C(Cl)CNC(=O)C1(CCC)CCCNC1. The molecule has 1 heterocycles. The molecule has 2 N–H and O–H groups in total. The summed E-state index contributed by atoms with van der Waals surface area (Å²) in [6, 6.07) is 0. The second kappa shape index (κ2) is 6.26. The summed E-state index contributed by atoms with van der Waals surface area (Å²) in [6.45, 7) is 7.85. The van der Waals surface area contributed by atoms with Gasteiger partial charge in [-0.15, -0.1) is 0 Å². The molecule has 0 aromatic heterocycles. The van der Waals surface area contributed by atoms with E-state index >= 15 is 0 Å². The van der Waals surface area contributed by atoms with Gasteiger partial charge in [-0.3, -0.25) is 4.79 Å². The van der Waals surface area contributed by atoms with E-state index in [1.54, 1.807) is 0 Å². The minimum atomic E-state index is -0.237.